The van der Waals surface area contributed by atoms with Crippen LogP contribution in [0.25, 0.3) is 0 Å². The minimum Gasteiger partial charge on any atom is -0.0839 e. The van der Waals surface area contributed by atoms with E-state index in [4.69, 9.17) is 0 Å². The van der Waals surface area contributed by atoms with Crippen LogP contribution in [0, 0.1) is 0 Å². The molecule has 0 saturated carbocycles. The minimum atomic E-state index is -1.56. The second-order valence-corrected chi connectivity index (χ2v) is 12.3. The van der Waals surface area contributed by atoms with Crippen LogP contribution < -0.4 is 5.30 Å². The molecular weight excluding hydrogens is 379 g/mol. The van der Waals surface area contributed by atoms with Crippen molar-refractivity contribution in [1.29, 1.82) is 0 Å². The van der Waals surface area contributed by atoms with E-state index < -0.39 is 7.26 Å². The molecule has 1 unspecified atom stereocenters. The molecule has 3 rings (SSSR count). The van der Waals surface area contributed by atoms with Crippen molar-refractivity contribution < 1.29 is 0 Å². The summed E-state index contributed by atoms with van der Waals surface area (Å²) >= 11 is 0. The third-order valence-corrected chi connectivity index (χ3v) is 11.1. The first-order valence-electron chi connectivity index (χ1n) is 12.2. The summed E-state index contributed by atoms with van der Waals surface area (Å²) in [6, 6.07) is 11.5. The Hall–Kier alpha value is -1.65. The quantitative estimate of drug-likeness (QED) is 0.234. The zero-order chi connectivity index (χ0) is 20.9. The van der Waals surface area contributed by atoms with Crippen molar-refractivity contribution in [2.75, 3.05) is 6.16 Å². The summed E-state index contributed by atoms with van der Waals surface area (Å²) in [5, 5.41) is 4.85. The molecule has 0 heterocycles. The van der Waals surface area contributed by atoms with Crippen LogP contribution in [0.4, 0.5) is 0 Å². The van der Waals surface area contributed by atoms with Crippen LogP contribution >= 0.6 is 7.26 Å². The van der Waals surface area contributed by atoms with Gasteiger partial charge in [-0.3, -0.25) is 0 Å². The van der Waals surface area contributed by atoms with E-state index in [1.807, 2.05) is 0 Å². The summed E-state index contributed by atoms with van der Waals surface area (Å²) in [5.41, 5.74) is 0. The molecule has 0 bridgehead atoms. The fraction of sp³-hybridized carbons (Fsp3) is 0.448. The molecule has 0 aliphatic heterocycles. The Morgan fingerprint density at radius 1 is 0.767 bits per heavy atom. The number of hydrogen-bond acceptors (Lipinski definition) is 0. The van der Waals surface area contributed by atoms with Gasteiger partial charge in [-0.05, 0) is 56.0 Å². The smallest absolute Gasteiger partial charge is 0.0839 e. The van der Waals surface area contributed by atoms with Gasteiger partial charge in [0.25, 0.3) is 0 Å². The molecule has 0 fully saturated rings. The van der Waals surface area contributed by atoms with Gasteiger partial charge in [-0.15, -0.1) is 0 Å². The maximum Gasteiger partial charge on any atom is 0.107 e. The van der Waals surface area contributed by atoms with E-state index in [2.05, 4.69) is 85.9 Å². The molecule has 1 aromatic carbocycles. The van der Waals surface area contributed by atoms with E-state index >= 15 is 0 Å². The zero-order valence-corrected chi connectivity index (χ0v) is 19.8. The van der Waals surface area contributed by atoms with Gasteiger partial charge in [0.1, 0.15) is 17.9 Å². The fourth-order valence-corrected chi connectivity index (χ4v) is 9.47. The highest BCUT2D eigenvalue weighted by Crippen LogP contribution is 2.73. The van der Waals surface area contributed by atoms with Crippen LogP contribution in [0.3, 0.4) is 0 Å². The van der Waals surface area contributed by atoms with E-state index in [1.165, 1.54) is 70.4 Å². The highest BCUT2D eigenvalue weighted by Gasteiger charge is 2.46. The van der Waals surface area contributed by atoms with E-state index in [9.17, 15) is 0 Å². The van der Waals surface area contributed by atoms with Gasteiger partial charge in [0.05, 0.1) is 11.5 Å². The van der Waals surface area contributed by atoms with Crippen molar-refractivity contribution in [2.45, 2.75) is 77.6 Å². The molecule has 1 atom stereocenters. The molecule has 2 aliphatic rings. The molecule has 0 N–H and O–H groups in total. The Bertz CT molecular complexity index is 778. The third kappa shape index (κ3) is 6.18. The summed E-state index contributed by atoms with van der Waals surface area (Å²) in [5.74, 6) is 0. The van der Waals surface area contributed by atoms with Crippen LogP contribution in [0.1, 0.15) is 77.6 Å². The maximum absolute atomic E-state index is 2.46. The lowest BCUT2D eigenvalue weighted by Gasteiger charge is -2.31. The Balaban J connectivity index is 1.83. The van der Waals surface area contributed by atoms with Crippen molar-refractivity contribution in [1.82, 2.24) is 0 Å². The molecule has 2 aliphatic carbocycles. The average molecular weight is 420 g/mol. The molecule has 0 aromatic heterocycles. The van der Waals surface area contributed by atoms with Crippen LogP contribution in [0.2, 0.25) is 0 Å². The van der Waals surface area contributed by atoms with Gasteiger partial charge in [-0.25, -0.2) is 0 Å². The second kappa shape index (κ2) is 12.9. The maximum atomic E-state index is 2.46. The summed E-state index contributed by atoms with van der Waals surface area (Å²) in [6.45, 7) is 2.30. The molecule has 160 valence electrons. The normalized spacial score (nSPS) is 17.9. The van der Waals surface area contributed by atoms with Gasteiger partial charge in [-0.1, -0.05) is 94.0 Å². The van der Waals surface area contributed by atoms with Crippen LogP contribution in [0.5, 0.6) is 0 Å². The molecule has 1 heteroatoms. The average Bonchev–Trinajstić information content (AvgIpc) is 3.09. The van der Waals surface area contributed by atoms with Crippen LogP contribution in [-0.2, 0) is 0 Å². The Morgan fingerprint density at radius 2 is 1.50 bits per heavy atom. The number of allylic oxidation sites excluding steroid dienone is 10. The van der Waals surface area contributed by atoms with E-state index in [0.29, 0.717) is 0 Å². The largest absolute Gasteiger partial charge is 0.107 e. The molecule has 0 spiro atoms. The first-order valence-corrected chi connectivity index (χ1v) is 14.2. The molecule has 0 saturated heterocycles. The van der Waals surface area contributed by atoms with Gasteiger partial charge in [-0.2, -0.15) is 0 Å². The number of hydrogen-bond donors (Lipinski definition) is 0. The van der Waals surface area contributed by atoms with Crippen molar-refractivity contribution in [3.63, 3.8) is 0 Å². The SMILES string of the molecule is CCCCCCCCCC[P+](C1=CC=CCC=C1)(C1=CC=CCC1)c1ccccc1. The Morgan fingerprint density at radius 3 is 2.23 bits per heavy atom. The summed E-state index contributed by atoms with van der Waals surface area (Å²) < 4.78 is 0. The highest BCUT2D eigenvalue weighted by atomic mass is 31.2. The third-order valence-electron chi connectivity index (χ3n) is 6.43. The molecule has 0 nitrogen and oxygen atoms in total. The number of rotatable bonds is 12. The lowest BCUT2D eigenvalue weighted by molar-refractivity contribution is 0.586. The van der Waals surface area contributed by atoms with Crippen molar-refractivity contribution in [2.24, 2.45) is 0 Å². The first-order chi connectivity index (χ1) is 14.9. The molecule has 0 radical (unpaired) electrons. The summed E-state index contributed by atoms with van der Waals surface area (Å²) in [4.78, 5) is 0. The number of unbranched alkanes of at least 4 members (excludes halogenated alkanes) is 7. The van der Waals surface area contributed by atoms with Gasteiger partial charge in [0, 0.05) is 6.42 Å². The van der Waals surface area contributed by atoms with E-state index in [-0.39, 0.29) is 0 Å². The van der Waals surface area contributed by atoms with Gasteiger partial charge in [0.2, 0.25) is 0 Å². The topological polar surface area (TPSA) is 0 Å². The molecule has 30 heavy (non-hydrogen) atoms. The minimum absolute atomic E-state index is 1.05. The van der Waals surface area contributed by atoms with E-state index in [1.54, 1.807) is 15.9 Å². The standard InChI is InChI=1S/C29H40P/c1-2-3-4-5-6-7-10-19-26-30(28-22-15-11-16-23-28,29-24-17-12-18-25-29)27-20-13-8-9-14-21-27/h8,11-17,20-24H,2-7,9-10,18-19,25-26H2,1H3/q+1. The van der Waals surface area contributed by atoms with Gasteiger partial charge in [0.15, 0.2) is 0 Å². The van der Waals surface area contributed by atoms with Crippen molar-refractivity contribution in [3.05, 3.63) is 89.6 Å². The van der Waals surface area contributed by atoms with Crippen molar-refractivity contribution >= 4 is 12.6 Å². The molecular formula is C29H40P+. The van der Waals surface area contributed by atoms with Gasteiger partial charge >= 0.3 is 0 Å². The van der Waals surface area contributed by atoms with Crippen LogP contribution in [0.15, 0.2) is 89.6 Å². The number of benzene rings is 1. The summed E-state index contributed by atoms with van der Waals surface area (Å²) in [7, 11) is -1.56. The van der Waals surface area contributed by atoms with Crippen molar-refractivity contribution in [3.8, 4) is 0 Å². The predicted molar refractivity (Wildman–Crippen MR) is 138 cm³/mol. The zero-order valence-electron chi connectivity index (χ0n) is 18.9. The monoisotopic (exact) mass is 419 g/mol. The Labute approximate surface area is 185 Å². The Kier molecular flexibility index (Phi) is 9.91. The predicted octanol–water partition coefficient (Wildman–Crippen LogP) is 9.10. The van der Waals surface area contributed by atoms with E-state index in [0.717, 1.165) is 6.42 Å². The molecule has 1 aromatic rings. The lowest BCUT2D eigenvalue weighted by atomic mass is 10.1. The highest BCUT2D eigenvalue weighted by molar-refractivity contribution is 7.90. The van der Waals surface area contributed by atoms with Gasteiger partial charge < -0.3 is 0 Å². The lowest BCUT2D eigenvalue weighted by Crippen LogP contribution is -2.18. The fourth-order valence-electron chi connectivity index (χ4n) is 4.78. The molecule has 0 amide bonds. The second-order valence-electron chi connectivity index (χ2n) is 8.63. The first kappa shape index (κ1) is 23.0. The van der Waals surface area contributed by atoms with Crippen LogP contribution in [-0.4, -0.2) is 6.16 Å². The summed E-state index contributed by atoms with van der Waals surface area (Å²) in [6.07, 6.45) is 34.8.